The minimum atomic E-state index is -0.356. The molecule has 0 aliphatic rings. The highest BCUT2D eigenvalue weighted by Crippen LogP contribution is 2.12. The van der Waals surface area contributed by atoms with Crippen molar-refractivity contribution in [1.82, 2.24) is 4.90 Å². The van der Waals surface area contributed by atoms with E-state index in [9.17, 15) is 4.79 Å². The summed E-state index contributed by atoms with van der Waals surface area (Å²) in [5.74, 6) is 0. The summed E-state index contributed by atoms with van der Waals surface area (Å²) in [5.41, 5.74) is 1.79. The zero-order chi connectivity index (χ0) is 21.2. The van der Waals surface area contributed by atoms with E-state index in [-0.39, 0.29) is 12.7 Å². The van der Waals surface area contributed by atoms with Crippen molar-refractivity contribution in [2.24, 2.45) is 0 Å². The number of para-hydroxylation sites is 1. The first-order valence-corrected chi connectivity index (χ1v) is 10.3. The van der Waals surface area contributed by atoms with E-state index in [0.29, 0.717) is 0 Å². The van der Waals surface area contributed by atoms with Crippen molar-refractivity contribution in [3.63, 3.8) is 0 Å². The number of carbonyl (C=O) groups excluding carboxylic acids is 1. The number of hydrogen-bond acceptors (Lipinski definition) is 3. The van der Waals surface area contributed by atoms with Crippen molar-refractivity contribution in [3.8, 4) is 0 Å². The summed E-state index contributed by atoms with van der Waals surface area (Å²) < 4.78 is 5.23. The van der Waals surface area contributed by atoms with Crippen LogP contribution in [-0.2, 0) is 11.3 Å². The van der Waals surface area contributed by atoms with Crippen molar-refractivity contribution in [2.75, 3.05) is 32.1 Å². The van der Waals surface area contributed by atoms with Crippen molar-refractivity contribution >= 4 is 11.8 Å². The third kappa shape index (κ3) is 11.4. The van der Waals surface area contributed by atoms with E-state index in [4.69, 9.17) is 4.74 Å². The smallest absolute Gasteiger partial charge is 0.414 e. The van der Waals surface area contributed by atoms with Crippen LogP contribution in [0.15, 0.2) is 60.7 Å². The first-order chi connectivity index (χ1) is 13.6. The molecule has 0 fully saturated rings. The van der Waals surface area contributed by atoms with Gasteiger partial charge in [0, 0.05) is 12.7 Å². The molecule has 0 atom stereocenters. The lowest BCUT2D eigenvalue weighted by molar-refractivity contribution is 0.148. The maximum absolute atomic E-state index is 11.8. The number of ether oxygens (including phenoxy) is 1. The van der Waals surface area contributed by atoms with Crippen LogP contribution < -0.4 is 4.90 Å². The summed E-state index contributed by atoms with van der Waals surface area (Å²) in [5, 5.41) is 0. The Hall–Kier alpha value is -2.33. The van der Waals surface area contributed by atoms with Gasteiger partial charge in [-0.1, -0.05) is 76.2 Å². The van der Waals surface area contributed by atoms with Gasteiger partial charge < -0.3 is 9.64 Å². The lowest BCUT2D eigenvalue weighted by Crippen LogP contribution is -2.26. The van der Waals surface area contributed by atoms with Gasteiger partial charge in [-0.15, -0.1) is 0 Å². The van der Waals surface area contributed by atoms with Crippen molar-refractivity contribution < 1.29 is 9.53 Å². The predicted octanol–water partition coefficient (Wildman–Crippen LogP) is 6.22. The molecule has 2 aromatic rings. The molecule has 2 aromatic carbocycles. The molecule has 0 spiro atoms. The van der Waals surface area contributed by atoms with Crippen LogP contribution in [0.5, 0.6) is 0 Å². The summed E-state index contributed by atoms with van der Waals surface area (Å²) in [6, 6.07) is 19.0. The molecule has 0 unspecified atom stereocenters. The molecular formula is C24H38N2O2. The average molecular weight is 387 g/mol. The minimum absolute atomic E-state index is 0.289. The van der Waals surface area contributed by atoms with E-state index in [1.807, 2.05) is 74.5 Å². The number of anilines is 1. The van der Waals surface area contributed by atoms with Crippen LogP contribution in [0.2, 0.25) is 0 Å². The zero-order valence-corrected chi connectivity index (χ0v) is 18.5. The van der Waals surface area contributed by atoms with Gasteiger partial charge in [0.15, 0.2) is 0 Å². The molecule has 28 heavy (non-hydrogen) atoms. The zero-order valence-electron chi connectivity index (χ0n) is 18.5. The number of amides is 1. The van der Waals surface area contributed by atoms with E-state index >= 15 is 0 Å². The van der Waals surface area contributed by atoms with Gasteiger partial charge in [0.2, 0.25) is 0 Å². The van der Waals surface area contributed by atoms with Crippen LogP contribution in [0, 0.1) is 0 Å². The average Bonchev–Trinajstić information content (AvgIpc) is 2.75. The number of benzene rings is 2. The van der Waals surface area contributed by atoms with E-state index < -0.39 is 0 Å². The van der Waals surface area contributed by atoms with E-state index in [1.165, 1.54) is 30.8 Å². The van der Waals surface area contributed by atoms with Gasteiger partial charge in [-0.25, -0.2) is 4.79 Å². The van der Waals surface area contributed by atoms with Crippen LogP contribution in [0.1, 0.15) is 46.1 Å². The van der Waals surface area contributed by atoms with E-state index in [2.05, 4.69) is 25.8 Å². The molecule has 0 heterocycles. The molecule has 1 amide bonds. The first kappa shape index (κ1) is 25.7. The molecule has 4 nitrogen and oxygen atoms in total. The Labute approximate surface area is 172 Å². The lowest BCUT2D eigenvalue weighted by atomic mass is 10.2. The minimum Gasteiger partial charge on any atom is -0.444 e. The fraction of sp³-hybridized carbons (Fsp3) is 0.458. The van der Waals surface area contributed by atoms with Gasteiger partial charge >= 0.3 is 6.09 Å². The van der Waals surface area contributed by atoms with Crippen LogP contribution in [0.3, 0.4) is 0 Å². The van der Waals surface area contributed by atoms with Crippen molar-refractivity contribution in [2.45, 2.75) is 47.1 Å². The van der Waals surface area contributed by atoms with Crippen LogP contribution >= 0.6 is 0 Å². The highest BCUT2D eigenvalue weighted by molar-refractivity contribution is 5.86. The van der Waals surface area contributed by atoms with Crippen LogP contribution in [0.25, 0.3) is 0 Å². The van der Waals surface area contributed by atoms with Gasteiger partial charge in [0.1, 0.15) is 6.61 Å². The van der Waals surface area contributed by atoms with Crippen LogP contribution in [0.4, 0.5) is 10.5 Å². The second-order valence-corrected chi connectivity index (χ2v) is 6.24. The van der Waals surface area contributed by atoms with Crippen molar-refractivity contribution in [1.29, 1.82) is 0 Å². The molecule has 0 aliphatic carbocycles. The topological polar surface area (TPSA) is 32.8 Å². The Morgan fingerprint density at radius 2 is 1.29 bits per heavy atom. The SMILES string of the molecule is CC.CCCN(C)CCC.CN(C(=O)OCc1ccccc1)c1ccccc1. The summed E-state index contributed by atoms with van der Waals surface area (Å²) in [6.07, 6.45) is 2.19. The highest BCUT2D eigenvalue weighted by atomic mass is 16.6. The molecule has 0 N–H and O–H groups in total. The Bertz CT molecular complexity index is 597. The molecule has 0 aliphatic heterocycles. The quantitative estimate of drug-likeness (QED) is 0.566. The molecule has 156 valence electrons. The standard InChI is InChI=1S/C15H15NO2.C7H17N.C2H6/c1-16(14-10-6-3-7-11-14)15(17)18-12-13-8-4-2-5-9-13;1-4-6-8(3)7-5-2;1-2/h2-11H,12H2,1H3;4-7H2,1-3H3;1-2H3. The third-order valence-corrected chi connectivity index (χ3v) is 3.83. The molecule has 0 saturated carbocycles. The van der Waals surface area contributed by atoms with Gasteiger partial charge in [-0.2, -0.15) is 0 Å². The molecule has 0 radical (unpaired) electrons. The van der Waals surface area contributed by atoms with Gasteiger partial charge in [-0.3, -0.25) is 4.90 Å². The third-order valence-electron chi connectivity index (χ3n) is 3.83. The second kappa shape index (κ2) is 16.8. The Morgan fingerprint density at radius 1 is 0.821 bits per heavy atom. The number of rotatable bonds is 7. The summed E-state index contributed by atoms with van der Waals surface area (Å²) in [7, 11) is 3.87. The Balaban J connectivity index is 0.000000618. The molecule has 0 saturated heterocycles. The molecular weight excluding hydrogens is 348 g/mol. The van der Waals surface area contributed by atoms with E-state index in [1.54, 1.807) is 7.05 Å². The summed E-state index contributed by atoms with van der Waals surface area (Å²) in [4.78, 5) is 15.7. The maximum atomic E-state index is 11.8. The van der Waals surface area contributed by atoms with E-state index in [0.717, 1.165) is 11.3 Å². The van der Waals surface area contributed by atoms with Gasteiger partial charge in [0.05, 0.1) is 0 Å². The van der Waals surface area contributed by atoms with Gasteiger partial charge in [0.25, 0.3) is 0 Å². The molecule has 0 bridgehead atoms. The fourth-order valence-corrected chi connectivity index (χ4v) is 2.45. The molecule has 0 aromatic heterocycles. The first-order valence-electron chi connectivity index (χ1n) is 10.3. The number of carbonyl (C=O) groups is 1. The second-order valence-electron chi connectivity index (χ2n) is 6.24. The normalized spacial score (nSPS) is 9.54. The van der Waals surface area contributed by atoms with Crippen LogP contribution in [-0.4, -0.2) is 38.2 Å². The Morgan fingerprint density at radius 3 is 1.75 bits per heavy atom. The lowest BCUT2D eigenvalue weighted by Gasteiger charge is -2.16. The molecule has 4 heteroatoms. The predicted molar refractivity (Wildman–Crippen MR) is 121 cm³/mol. The summed E-state index contributed by atoms with van der Waals surface area (Å²) in [6.45, 7) is 11.2. The monoisotopic (exact) mass is 386 g/mol. The largest absolute Gasteiger partial charge is 0.444 e. The maximum Gasteiger partial charge on any atom is 0.414 e. The Kier molecular flexibility index (Phi) is 15.4. The summed E-state index contributed by atoms with van der Waals surface area (Å²) >= 11 is 0. The fourth-order valence-electron chi connectivity index (χ4n) is 2.45. The number of hydrogen-bond donors (Lipinski definition) is 0. The van der Waals surface area contributed by atoms with Crippen molar-refractivity contribution in [3.05, 3.63) is 66.2 Å². The number of nitrogens with zero attached hydrogens (tertiary/aromatic N) is 2. The highest BCUT2D eigenvalue weighted by Gasteiger charge is 2.11. The molecule has 2 rings (SSSR count). The van der Waals surface area contributed by atoms with Gasteiger partial charge in [-0.05, 0) is 50.7 Å².